The molecule has 3 aromatic rings. The van der Waals surface area contributed by atoms with Crippen LogP contribution < -0.4 is 10.2 Å². The molecule has 0 bridgehead atoms. The maximum Gasteiger partial charge on any atom is 0.196 e. The molecular weight excluding hydrogens is 276 g/mol. The summed E-state index contributed by atoms with van der Waals surface area (Å²) in [6, 6.07) is 15.5. The molecule has 2 aromatic carbocycles. The van der Waals surface area contributed by atoms with Crippen molar-refractivity contribution in [1.82, 2.24) is 0 Å². The number of ether oxygens (including phenoxy) is 1. The Morgan fingerprint density at radius 1 is 1.05 bits per heavy atom. The quantitative estimate of drug-likeness (QED) is 0.736. The standard InChI is InChI=1S/C19H16O3/c20-19-15-7-4-8-17(15)22-18-10-9-14(11-16(18)19)21-12-13-5-2-1-3-6-13/h1-3,5-6,9-11H,4,7-8,12H2. The van der Waals surface area contributed by atoms with Gasteiger partial charge >= 0.3 is 0 Å². The largest absolute Gasteiger partial charge is 0.489 e. The van der Waals surface area contributed by atoms with Crippen LogP contribution >= 0.6 is 0 Å². The van der Waals surface area contributed by atoms with Gasteiger partial charge in [-0.2, -0.15) is 0 Å². The van der Waals surface area contributed by atoms with E-state index in [1.807, 2.05) is 42.5 Å². The monoisotopic (exact) mass is 292 g/mol. The van der Waals surface area contributed by atoms with E-state index >= 15 is 0 Å². The minimum absolute atomic E-state index is 0.0962. The average molecular weight is 292 g/mol. The summed E-state index contributed by atoms with van der Waals surface area (Å²) in [6.07, 6.45) is 2.69. The van der Waals surface area contributed by atoms with Crippen molar-refractivity contribution in [3.05, 3.63) is 75.6 Å². The van der Waals surface area contributed by atoms with E-state index in [4.69, 9.17) is 9.15 Å². The first kappa shape index (κ1) is 13.1. The lowest BCUT2D eigenvalue weighted by atomic mass is 10.1. The lowest BCUT2D eigenvalue weighted by Gasteiger charge is -2.08. The molecule has 4 rings (SSSR count). The van der Waals surface area contributed by atoms with Crippen molar-refractivity contribution in [1.29, 1.82) is 0 Å². The fraction of sp³-hybridized carbons (Fsp3) is 0.211. The Bertz CT molecular complexity index is 878. The summed E-state index contributed by atoms with van der Waals surface area (Å²) in [6.45, 7) is 0.489. The molecule has 0 atom stereocenters. The van der Waals surface area contributed by atoms with Crippen molar-refractivity contribution in [3.63, 3.8) is 0 Å². The maximum absolute atomic E-state index is 12.5. The summed E-state index contributed by atoms with van der Waals surface area (Å²) in [7, 11) is 0. The van der Waals surface area contributed by atoms with Crippen LogP contribution in [0.3, 0.4) is 0 Å². The second kappa shape index (κ2) is 5.34. The summed E-state index contributed by atoms with van der Waals surface area (Å²) in [5.41, 5.74) is 2.69. The SMILES string of the molecule is O=c1c2c(oc3ccc(OCc4ccccc4)cc13)CCC2. The predicted octanol–water partition coefficient (Wildman–Crippen LogP) is 3.86. The van der Waals surface area contributed by atoms with Crippen LogP contribution in [0.4, 0.5) is 0 Å². The summed E-state index contributed by atoms with van der Waals surface area (Å²) < 4.78 is 11.6. The van der Waals surface area contributed by atoms with E-state index in [2.05, 4.69) is 0 Å². The van der Waals surface area contributed by atoms with E-state index in [1.54, 1.807) is 6.07 Å². The van der Waals surface area contributed by atoms with Crippen LogP contribution in [-0.4, -0.2) is 0 Å². The number of hydrogen-bond acceptors (Lipinski definition) is 3. The first-order valence-corrected chi connectivity index (χ1v) is 7.56. The van der Waals surface area contributed by atoms with Gasteiger partial charge in [-0.25, -0.2) is 0 Å². The molecule has 0 fully saturated rings. The van der Waals surface area contributed by atoms with Crippen LogP contribution in [0.2, 0.25) is 0 Å². The molecule has 3 nitrogen and oxygen atoms in total. The summed E-state index contributed by atoms with van der Waals surface area (Å²) in [5, 5.41) is 0.617. The molecule has 0 amide bonds. The van der Waals surface area contributed by atoms with Crippen LogP contribution in [-0.2, 0) is 19.4 Å². The number of rotatable bonds is 3. The zero-order valence-corrected chi connectivity index (χ0v) is 12.2. The molecule has 1 heterocycles. The molecule has 0 saturated heterocycles. The third kappa shape index (κ3) is 2.29. The van der Waals surface area contributed by atoms with Crippen LogP contribution in [0, 0.1) is 0 Å². The van der Waals surface area contributed by atoms with E-state index in [9.17, 15) is 4.79 Å². The van der Waals surface area contributed by atoms with E-state index in [-0.39, 0.29) is 5.43 Å². The molecular formula is C19H16O3. The van der Waals surface area contributed by atoms with Gasteiger partial charge in [-0.05, 0) is 36.6 Å². The van der Waals surface area contributed by atoms with Gasteiger partial charge in [0.05, 0.1) is 5.39 Å². The third-order valence-electron chi connectivity index (χ3n) is 4.12. The second-order valence-electron chi connectivity index (χ2n) is 5.62. The number of benzene rings is 2. The Morgan fingerprint density at radius 3 is 2.77 bits per heavy atom. The van der Waals surface area contributed by atoms with Crippen LogP contribution in [0.25, 0.3) is 11.0 Å². The Morgan fingerprint density at radius 2 is 1.91 bits per heavy atom. The number of aryl methyl sites for hydroxylation is 1. The second-order valence-corrected chi connectivity index (χ2v) is 5.62. The molecule has 0 unspecified atom stereocenters. The molecule has 0 radical (unpaired) electrons. The molecule has 0 saturated carbocycles. The van der Waals surface area contributed by atoms with E-state index < -0.39 is 0 Å². The Balaban J connectivity index is 1.67. The zero-order chi connectivity index (χ0) is 14.9. The highest BCUT2D eigenvalue weighted by atomic mass is 16.5. The predicted molar refractivity (Wildman–Crippen MR) is 85.3 cm³/mol. The third-order valence-corrected chi connectivity index (χ3v) is 4.12. The summed E-state index contributed by atoms with van der Waals surface area (Å²) in [5.74, 6) is 1.55. The smallest absolute Gasteiger partial charge is 0.196 e. The van der Waals surface area contributed by atoms with Gasteiger partial charge in [0, 0.05) is 12.0 Å². The molecule has 1 aromatic heterocycles. The lowest BCUT2D eigenvalue weighted by Crippen LogP contribution is -2.08. The lowest BCUT2D eigenvalue weighted by molar-refractivity contribution is 0.306. The highest BCUT2D eigenvalue weighted by Crippen LogP contribution is 2.26. The minimum atomic E-state index is 0.0962. The average Bonchev–Trinajstić information content (AvgIpc) is 3.03. The van der Waals surface area contributed by atoms with Crippen molar-refractivity contribution in [2.24, 2.45) is 0 Å². The van der Waals surface area contributed by atoms with Gasteiger partial charge in [0.2, 0.25) is 0 Å². The fourth-order valence-corrected chi connectivity index (χ4v) is 2.97. The van der Waals surface area contributed by atoms with E-state index in [1.165, 1.54) is 0 Å². The van der Waals surface area contributed by atoms with Crippen molar-refractivity contribution in [3.8, 4) is 5.75 Å². The van der Waals surface area contributed by atoms with E-state index in [0.29, 0.717) is 23.3 Å². The Labute approximate surface area is 128 Å². The van der Waals surface area contributed by atoms with Gasteiger partial charge in [-0.3, -0.25) is 4.79 Å². The van der Waals surface area contributed by atoms with Crippen LogP contribution in [0.15, 0.2) is 57.7 Å². The summed E-state index contributed by atoms with van der Waals surface area (Å²) in [4.78, 5) is 12.5. The maximum atomic E-state index is 12.5. The molecule has 0 aliphatic heterocycles. The molecule has 0 N–H and O–H groups in total. The summed E-state index contributed by atoms with van der Waals surface area (Å²) >= 11 is 0. The minimum Gasteiger partial charge on any atom is -0.489 e. The first-order chi connectivity index (χ1) is 10.8. The fourth-order valence-electron chi connectivity index (χ4n) is 2.97. The normalized spacial score (nSPS) is 13.3. The van der Waals surface area contributed by atoms with E-state index in [0.717, 1.165) is 36.1 Å². The molecule has 1 aliphatic carbocycles. The number of hydrogen-bond donors (Lipinski definition) is 0. The van der Waals surface area contributed by atoms with Crippen molar-refractivity contribution < 1.29 is 9.15 Å². The molecule has 3 heteroatoms. The van der Waals surface area contributed by atoms with Gasteiger partial charge in [0.1, 0.15) is 23.7 Å². The van der Waals surface area contributed by atoms with Gasteiger partial charge < -0.3 is 9.15 Å². The van der Waals surface area contributed by atoms with Gasteiger partial charge in [0.25, 0.3) is 0 Å². The zero-order valence-electron chi connectivity index (χ0n) is 12.2. The first-order valence-electron chi connectivity index (χ1n) is 7.56. The van der Waals surface area contributed by atoms with Gasteiger partial charge in [-0.15, -0.1) is 0 Å². The van der Waals surface area contributed by atoms with Gasteiger partial charge in [0.15, 0.2) is 5.43 Å². The highest BCUT2D eigenvalue weighted by molar-refractivity contribution is 5.79. The molecule has 22 heavy (non-hydrogen) atoms. The Hall–Kier alpha value is -2.55. The topological polar surface area (TPSA) is 39.4 Å². The van der Waals surface area contributed by atoms with Crippen molar-refractivity contribution in [2.45, 2.75) is 25.9 Å². The van der Waals surface area contributed by atoms with Crippen LogP contribution in [0.5, 0.6) is 5.75 Å². The number of fused-ring (bicyclic) bond motifs is 2. The highest BCUT2D eigenvalue weighted by Gasteiger charge is 2.19. The van der Waals surface area contributed by atoms with Crippen LogP contribution in [0.1, 0.15) is 23.3 Å². The Kier molecular flexibility index (Phi) is 3.19. The molecule has 1 aliphatic rings. The molecule has 0 spiro atoms. The van der Waals surface area contributed by atoms with Crippen molar-refractivity contribution in [2.75, 3.05) is 0 Å². The van der Waals surface area contributed by atoms with Gasteiger partial charge in [-0.1, -0.05) is 30.3 Å². The van der Waals surface area contributed by atoms with Crippen molar-refractivity contribution >= 4 is 11.0 Å². The molecule has 110 valence electrons.